The molecular weight excluding hydrogens is 286 g/mol. The molecule has 0 fully saturated rings. The number of benzene rings is 2. The number of nitrogens with zero attached hydrogens (tertiary/aromatic N) is 1. The maximum atomic E-state index is 11.1. The van der Waals surface area contributed by atoms with E-state index in [0.717, 1.165) is 21.9 Å². The largest absolute Gasteiger partial charge is 0.478 e. The Morgan fingerprint density at radius 3 is 2.30 bits per heavy atom. The van der Waals surface area contributed by atoms with Gasteiger partial charge in [0.15, 0.2) is 0 Å². The molecule has 0 aliphatic carbocycles. The lowest BCUT2D eigenvalue weighted by Gasteiger charge is -2.19. The molecule has 0 radical (unpaired) electrons. The smallest absolute Gasteiger partial charge is 0.335 e. The van der Waals surface area contributed by atoms with Crippen molar-refractivity contribution in [2.45, 2.75) is 26.2 Å². The quantitative estimate of drug-likeness (QED) is 0.732. The van der Waals surface area contributed by atoms with Crippen LogP contribution < -0.4 is 0 Å². The molecule has 0 aliphatic rings. The molecule has 2 aromatic carbocycles. The summed E-state index contributed by atoms with van der Waals surface area (Å²) < 4.78 is 0. The summed E-state index contributed by atoms with van der Waals surface area (Å²) in [7, 11) is 0. The number of fused-ring (bicyclic) bond motifs is 1. The zero-order chi connectivity index (χ0) is 16.6. The fraction of sp³-hybridized carbons (Fsp3) is 0.200. The number of aromatic nitrogens is 1. The van der Waals surface area contributed by atoms with Crippen LogP contribution in [0.3, 0.4) is 0 Å². The van der Waals surface area contributed by atoms with E-state index in [0.29, 0.717) is 0 Å². The van der Waals surface area contributed by atoms with Crippen molar-refractivity contribution in [3.63, 3.8) is 0 Å². The van der Waals surface area contributed by atoms with E-state index in [1.54, 1.807) is 18.3 Å². The van der Waals surface area contributed by atoms with E-state index in [1.807, 2.05) is 12.3 Å². The van der Waals surface area contributed by atoms with Crippen LogP contribution in [0.1, 0.15) is 36.7 Å². The highest BCUT2D eigenvalue weighted by atomic mass is 16.4. The molecule has 116 valence electrons. The Morgan fingerprint density at radius 2 is 1.70 bits per heavy atom. The lowest BCUT2D eigenvalue weighted by molar-refractivity contribution is 0.0697. The molecule has 3 aromatic rings. The summed E-state index contributed by atoms with van der Waals surface area (Å²) in [6, 6.07) is 13.6. The summed E-state index contributed by atoms with van der Waals surface area (Å²) in [6.45, 7) is 6.57. The number of carboxylic acids is 1. The molecule has 0 bridgehead atoms. The van der Waals surface area contributed by atoms with Gasteiger partial charge in [-0.15, -0.1) is 0 Å². The first kappa shape index (κ1) is 15.2. The SMILES string of the molecule is CC(C)(C)c1ccc(-c2cncc3cc(C(=O)O)ccc23)cc1. The normalized spacial score (nSPS) is 11.6. The van der Waals surface area contributed by atoms with E-state index >= 15 is 0 Å². The minimum absolute atomic E-state index is 0.117. The third-order valence-corrected chi connectivity index (χ3v) is 4.07. The number of hydrogen-bond acceptors (Lipinski definition) is 2. The molecule has 1 aromatic heterocycles. The molecule has 1 N–H and O–H groups in total. The summed E-state index contributed by atoms with van der Waals surface area (Å²) in [4.78, 5) is 15.4. The maximum absolute atomic E-state index is 11.1. The van der Waals surface area contributed by atoms with Gasteiger partial charge in [-0.05, 0) is 34.1 Å². The fourth-order valence-corrected chi connectivity index (χ4v) is 2.69. The molecule has 0 atom stereocenters. The summed E-state index contributed by atoms with van der Waals surface area (Å²) >= 11 is 0. The second kappa shape index (κ2) is 5.51. The van der Waals surface area contributed by atoms with Crippen molar-refractivity contribution in [2.75, 3.05) is 0 Å². The van der Waals surface area contributed by atoms with Crippen molar-refractivity contribution in [3.8, 4) is 11.1 Å². The molecule has 1 heterocycles. The minimum Gasteiger partial charge on any atom is -0.478 e. The molecule has 3 nitrogen and oxygen atoms in total. The molecule has 0 amide bonds. The van der Waals surface area contributed by atoms with Gasteiger partial charge in [0.1, 0.15) is 0 Å². The van der Waals surface area contributed by atoms with Gasteiger partial charge in [-0.25, -0.2) is 4.79 Å². The summed E-state index contributed by atoms with van der Waals surface area (Å²) in [6.07, 6.45) is 3.53. The first-order valence-corrected chi connectivity index (χ1v) is 7.58. The van der Waals surface area contributed by atoms with Crippen LogP contribution in [0.15, 0.2) is 54.9 Å². The second-order valence-corrected chi connectivity index (χ2v) is 6.76. The number of aromatic carboxylic acids is 1. The number of rotatable bonds is 2. The van der Waals surface area contributed by atoms with Crippen molar-refractivity contribution in [2.24, 2.45) is 0 Å². The van der Waals surface area contributed by atoms with Gasteiger partial charge in [0.25, 0.3) is 0 Å². The van der Waals surface area contributed by atoms with Crippen LogP contribution in [0.2, 0.25) is 0 Å². The summed E-state index contributed by atoms with van der Waals surface area (Å²) in [5, 5.41) is 11.0. The second-order valence-electron chi connectivity index (χ2n) is 6.76. The Hall–Kier alpha value is -2.68. The molecule has 0 unspecified atom stereocenters. The van der Waals surface area contributed by atoms with E-state index < -0.39 is 5.97 Å². The van der Waals surface area contributed by atoms with E-state index in [1.165, 1.54) is 5.56 Å². The number of carboxylic acid groups (broad SMARTS) is 1. The lowest BCUT2D eigenvalue weighted by Crippen LogP contribution is -2.10. The Balaban J connectivity index is 2.11. The molecule has 3 heteroatoms. The van der Waals surface area contributed by atoms with E-state index in [9.17, 15) is 4.79 Å². The van der Waals surface area contributed by atoms with Crippen LogP contribution in [-0.4, -0.2) is 16.1 Å². The summed E-state index contributed by atoms with van der Waals surface area (Å²) in [5.41, 5.74) is 3.77. The van der Waals surface area contributed by atoms with E-state index in [2.05, 4.69) is 50.0 Å². The van der Waals surface area contributed by atoms with Gasteiger partial charge in [-0.3, -0.25) is 4.98 Å². The molecule has 3 rings (SSSR count). The number of pyridine rings is 1. The summed E-state index contributed by atoms with van der Waals surface area (Å²) in [5.74, 6) is -0.924. The zero-order valence-electron chi connectivity index (χ0n) is 13.5. The van der Waals surface area contributed by atoms with Crippen LogP contribution in [0.5, 0.6) is 0 Å². The number of carbonyl (C=O) groups is 1. The average molecular weight is 305 g/mol. The minimum atomic E-state index is -0.924. The molecule has 0 aliphatic heterocycles. The van der Waals surface area contributed by atoms with Crippen LogP contribution in [0, 0.1) is 0 Å². The van der Waals surface area contributed by atoms with Crippen molar-refractivity contribution >= 4 is 16.7 Å². The monoisotopic (exact) mass is 305 g/mol. The molecule has 0 saturated heterocycles. The highest BCUT2D eigenvalue weighted by Crippen LogP contribution is 2.30. The van der Waals surface area contributed by atoms with Crippen LogP contribution >= 0.6 is 0 Å². The Bertz CT molecular complexity index is 874. The van der Waals surface area contributed by atoms with Crippen molar-refractivity contribution in [1.29, 1.82) is 0 Å². The van der Waals surface area contributed by atoms with Crippen molar-refractivity contribution in [3.05, 3.63) is 66.0 Å². The van der Waals surface area contributed by atoms with E-state index in [4.69, 9.17) is 5.11 Å². The number of hydrogen-bond donors (Lipinski definition) is 1. The van der Waals surface area contributed by atoms with Gasteiger partial charge in [0.05, 0.1) is 5.56 Å². The van der Waals surface area contributed by atoms with Gasteiger partial charge in [0, 0.05) is 23.3 Å². The van der Waals surface area contributed by atoms with Crippen molar-refractivity contribution in [1.82, 2.24) is 4.98 Å². The molecule has 0 saturated carbocycles. The highest BCUT2D eigenvalue weighted by molar-refractivity contribution is 6.00. The third kappa shape index (κ3) is 2.95. The standard InChI is InChI=1S/C20H19NO2/c1-20(2,3)16-7-4-13(5-8-16)18-12-21-11-15-10-14(19(22)23)6-9-17(15)18/h4-12H,1-3H3,(H,22,23). The predicted molar refractivity (Wildman–Crippen MR) is 92.8 cm³/mol. The first-order valence-electron chi connectivity index (χ1n) is 7.58. The maximum Gasteiger partial charge on any atom is 0.335 e. The van der Waals surface area contributed by atoms with Crippen LogP contribution in [0.4, 0.5) is 0 Å². The van der Waals surface area contributed by atoms with Gasteiger partial charge >= 0.3 is 5.97 Å². The topological polar surface area (TPSA) is 50.2 Å². The van der Waals surface area contributed by atoms with Gasteiger partial charge in [0.2, 0.25) is 0 Å². The zero-order valence-corrected chi connectivity index (χ0v) is 13.5. The third-order valence-electron chi connectivity index (χ3n) is 4.07. The van der Waals surface area contributed by atoms with Crippen LogP contribution in [-0.2, 0) is 5.41 Å². The van der Waals surface area contributed by atoms with Gasteiger partial charge in [-0.2, -0.15) is 0 Å². The lowest BCUT2D eigenvalue weighted by atomic mass is 9.86. The van der Waals surface area contributed by atoms with E-state index in [-0.39, 0.29) is 11.0 Å². The molecular formula is C20H19NO2. The van der Waals surface area contributed by atoms with Crippen LogP contribution in [0.25, 0.3) is 21.9 Å². The predicted octanol–water partition coefficient (Wildman–Crippen LogP) is 4.90. The molecule has 0 spiro atoms. The average Bonchev–Trinajstić information content (AvgIpc) is 2.53. The molecule has 23 heavy (non-hydrogen) atoms. The highest BCUT2D eigenvalue weighted by Gasteiger charge is 2.14. The first-order chi connectivity index (χ1) is 10.9. The Kier molecular flexibility index (Phi) is 3.64. The van der Waals surface area contributed by atoms with Crippen molar-refractivity contribution < 1.29 is 9.90 Å². The Morgan fingerprint density at radius 1 is 1.00 bits per heavy atom. The van der Waals surface area contributed by atoms with Gasteiger partial charge < -0.3 is 5.11 Å². The Labute approximate surface area is 135 Å². The van der Waals surface area contributed by atoms with Gasteiger partial charge in [-0.1, -0.05) is 51.1 Å². The fourth-order valence-electron chi connectivity index (χ4n) is 2.69.